The summed E-state index contributed by atoms with van der Waals surface area (Å²) in [6, 6.07) is 10.4. The monoisotopic (exact) mass is 562 g/mol. The number of sulfonamides is 1. The molecule has 3 N–H and O–H groups in total. The summed E-state index contributed by atoms with van der Waals surface area (Å²) >= 11 is 6.86. The van der Waals surface area contributed by atoms with Gasteiger partial charge in [0.25, 0.3) is 5.91 Å². The van der Waals surface area contributed by atoms with Gasteiger partial charge in [-0.3, -0.25) is 10.0 Å². The van der Waals surface area contributed by atoms with Crippen molar-refractivity contribution in [2.75, 3.05) is 6.54 Å². The van der Waals surface area contributed by atoms with Gasteiger partial charge in [0.1, 0.15) is 18.4 Å². The second kappa shape index (κ2) is 9.75. The number of benzene rings is 2. The van der Waals surface area contributed by atoms with Gasteiger partial charge >= 0.3 is 0 Å². The van der Waals surface area contributed by atoms with Gasteiger partial charge in [-0.05, 0) is 55.3 Å². The fourth-order valence-corrected chi connectivity index (χ4v) is 5.61. The minimum Gasteiger partial charge on any atom is -0.489 e. The number of piperidine rings is 1. The van der Waals surface area contributed by atoms with E-state index in [1.807, 2.05) is 18.2 Å². The number of ether oxygens (including phenoxy) is 1. The highest BCUT2D eigenvalue weighted by molar-refractivity contribution is 9.11. The standard InChI is InChI=1S/C19H20Br2N2O6S/c20-13-1-7-17(21)12(9-13)11-29-15-3-5-16(6-4-15)30(27,28)23-10-14(24)2-8-18(23)19(25)22-26/h1,3-7,9,14,18,24,26H,2,8,10-11H2,(H,22,25)/t14-,18-/m1/s1. The van der Waals surface area contributed by atoms with Gasteiger partial charge < -0.3 is 9.84 Å². The number of rotatable bonds is 6. The topological polar surface area (TPSA) is 116 Å². The molecule has 30 heavy (non-hydrogen) atoms. The minimum absolute atomic E-state index is 0.0386. The van der Waals surface area contributed by atoms with Gasteiger partial charge in [-0.1, -0.05) is 31.9 Å². The quantitative estimate of drug-likeness (QED) is 0.367. The third kappa shape index (κ3) is 5.21. The maximum absolute atomic E-state index is 13.0. The zero-order valence-corrected chi connectivity index (χ0v) is 19.7. The Labute approximate surface area is 191 Å². The lowest BCUT2D eigenvalue weighted by molar-refractivity contribution is -0.135. The Hall–Kier alpha value is -1.50. The highest BCUT2D eigenvalue weighted by atomic mass is 79.9. The van der Waals surface area contributed by atoms with E-state index in [4.69, 9.17) is 9.94 Å². The highest BCUT2D eigenvalue weighted by Gasteiger charge is 2.40. The number of nitrogens with zero attached hydrogens (tertiary/aromatic N) is 1. The van der Waals surface area contributed by atoms with E-state index in [-0.39, 0.29) is 30.9 Å². The number of carbonyl (C=O) groups excluding carboxylic acids is 1. The molecule has 0 saturated carbocycles. The number of β-amino-alcohol motifs (C(OH)–C–C–N with tert-alkyl or cyclic N) is 1. The number of carbonyl (C=O) groups is 1. The van der Waals surface area contributed by atoms with Crippen LogP contribution in [0.25, 0.3) is 0 Å². The van der Waals surface area contributed by atoms with Crippen LogP contribution in [-0.4, -0.2) is 47.6 Å². The zero-order valence-electron chi connectivity index (χ0n) is 15.7. The molecule has 8 nitrogen and oxygen atoms in total. The second-order valence-electron chi connectivity index (χ2n) is 6.79. The summed E-state index contributed by atoms with van der Waals surface area (Å²) in [7, 11) is -4.06. The summed E-state index contributed by atoms with van der Waals surface area (Å²) in [5.41, 5.74) is 2.42. The summed E-state index contributed by atoms with van der Waals surface area (Å²) in [6.45, 7) is 0.0543. The van der Waals surface area contributed by atoms with Crippen LogP contribution < -0.4 is 10.2 Å². The predicted octanol–water partition coefficient (Wildman–Crippen LogP) is 2.81. The molecule has 0 aliphatic carbocycles. The Bertz CT molecular complexity index is 1020. The van der Waals surface area contributed by atoms with E-state index in [1.54, 1.807) is 0 Å². The molecule has 0 spiro atoms. The number of hydrogen-bond donors (Lipinski definition) is 3. The van der Waals surface area contributed by atoms with E-state index in [0.29, 0.717) is 5.75 Å². The third-order valence-electron chi connectivity index (χ3n) is 4.76. The molecule has 3 rings (SSSR count). The van der Waals surface area contributed by atoms with E-state index in [0.717, 1.165) is 18.8 Å². The van der Waals surface area contributed by atoms with Crippen LogP contribution in [0.2, 0.25) is 0 Å². The number of hydrogen-bond acceptors (Lipinski definition) is 6. The van der Waals surface area contributed by atoms with E-state index in [2.05, 4.69) is 31.9 Å². The van der Waals surface area contributed by atoms with Crippen molar-refractivity contribution in [2.24, 2.45) is 0 Å². The first-order valence-electron chi connectivity index (χ1n) is 9.03. The molecule has 1 aliphatic heterocycles. The van der Waals surface area contributed by atoms with Crippen molar-refractivity contribution >= 4 is 47.8 Å². The molecule has 162 valence electrons. The number of aliphatic hydroxyl groups is 1. The number of hydroxylamine groups is 1. The molecule has 1 amide bonds. The molecule has 11 heteroatoms. The first kappa shape index (κ1) is 23.2. The van der Waals surface area contributed by atoms with Crippen LogP contribution in [0.3, 0.4) is 0 Å². The van der Waals surface area contributed by atoms with Crippen LogP contribution in [0.5, 0.6) is 5.75 Å². The van der Waals surface area contributed by atoms with Crippen molar-refractivity contribution in [3.63, 3.8) is 0 Å². The van der Waals surface area contributed by atoms with Crippen molar-refractivity contribution in [3.8, 4) is 5.75 Å². The largest absolute Gasteiger partial charge is 0.489 e. The molecule has 0 bridgehead atoms. The van der Waals surface area contributed by atoms with Gasteiger partial charge in [0, 0.05) is 21.1 Å². The van der Waals surface area contributed by atoms with E-state index >= 15 is 0 Å². The Morgan fingerprint density at radius 3 is 2.53 bits per heavy atom. The van der Waals surface area contributed by atoms with Gasteiger partial charge in [0.2, 0.25) is 10.0 Å². The molecule has 1 heterocycles. The zero-order chi connectivity index (χ0) is 21.9. The molecule has 2 aromatic rings. The summed E-state index contributed by atoms with van der Waals surface area (Å²) < 4.78 is 34.5. The lowest BCUT2D eigenvalue weighted by atomic mass is 10.0. The van der Waals surface area contributed by atoms with Crippen molar-refractivity contribution in [1.82, 2.24) is 9.79 Å². The lowest BCUT2D eigenvalue weighted by Crippen LogP contribution is -2.54. The molecule has 1 fully saturated rings. The second-order valence-corrected chi connectivity index (χ2v) is 10.5. The van der Waals surface area contributed by atoms with Crippen molar-refractivity contribution in [1.29, 1.82) is 0 Å². The maximum Gasteiger partial charge on any atom is 0.261 e. The van der Waals surface area contributed by atoms with Crippen molar-refractivity contribution in [3.05, 3.63) is 57.0 Å². The van der Waals surface area contributed by atoms with E-state index in [1.165, 1.54) is 29.7 Å². The summed E-state index contributed by atoms with van der Waals surface area (Å²) in [6.07, 6.45) is -0.508. The van der Waals surface area contributed by atoms with E-state index in [9.17, 15) is 18.3 Å². The Morgan fingerprint density at radius 2 is 1.87 bits per heavy atom. The summed E-state index contributed by atoms with van der Waals surface area (Å²) in [4.78, 5) is 11.9. The first-order chi connectivity index (χ1) is 14.2. The Kier molecular flexibility index (Phi) is 7.53. The number of halogens is 2. The van der Waals surface area contributed by atoms with Gasteiger partial charge in [0.15, 0.2) is 0 Å². The molecule has 2 aromatic carbocycles. The predicted molar refractivity (Wildman–Crippen MR) is 115 cm³/mol. The average Bonchev–Trinajstić information content (AvgIpc) is 2.74. The van der Waals surface area contributed by atoms with Crippen LogP contribution in [-0.2, 0) is 21.4 Å². The van der Waals surface area contributed by atoms with Crippen LogP contribution in [0, 0.1) is 0 Å². The fourth-order valence-electron chi connectivity index (χ4n) is 3.18. The first-order valence-corrected chi connectivity index (χ1v) is 12.1. The minimum atomic E-state index is -4.06. The van der Waals surface area contributed by atoms with Gasteiger partial charge in [-0.15, -0.1) is 0 Å². The van der Waals surface area contributed by atoms with E-state index < -0.39 is 28.1 Å². The van der Waals surface area contributed by atoms with Crippen LogP contribution in [0.15, 0.2) is 56.3 Å². The highest BCUT2D eigenvalue weighted by Crippen LogP contribution is 2.28. The van der Waals surface area contributed by atoms with Gasteiger partial charge in [-0.25, -0.2) is 13.9 Å². The number of aliphatic hydroxyl groups excluding tert-OH is 1. The normalized spacial score (nSPS) is 20.0. The maximum atomic E-state index is 13.0. The molecule has 0 aromatic heterocycles. The Balaban J connectivity index is 1.76. The lowest BCUT2D eigenvalue weighted by Gasteiger charge is -2.35. The summed E-state index contributed by atoms with van der Waals surface area (Å²) in [5, 5.41) is 18.8. The number of nitrogens with one attached hydrogen (secondary N) is 1. The molecule has 0 radical (unpaired) electrons. The van der Waals surface area contributed by atoms with Crippen LogP contribution in [0.4, 0.5) is 0 Å². The third-order valence-corrected chi connectivity index (χ3v) is 7.91. The fraction of sp³-hybridized carbons (Fsp3) is 0.316. The number of amides is 1. The summed E-state index contributed by atoms with van der Waals surface area (Å²) in [5.74, 6) is -0.353. The molecular weight excluding hydrogens is 544 g/mol. The average molecular weight is 564 g/mol. The Morgan fingerprint density at radius 1 is 1.17 bits per heavy atom. The van der Waals surface area contributed by atoms with Crippen molar-refractivity contribution in [2.45, 2.75) is 36.5 Å². The molecule has 0 unspecified atom stereocenters. The van der Waals surface area contributed by atoms with Crippen LogP contribution in [0.1, 0.15) is 18.4 Å². The molecule has 1 aliphatic rings. The SMILES string of the molecule is O=C(NO)[C@H]1CC[C@@H](O)CN1S(=O)(=O)c1ccc(OCc2cc(Br)ccc2Br)cc1. The molecule has 2 atom stereocenters. The van der Waals surface area contributed by atoms with Crippen LogP contribution >= 0.6 is 31.9 Å². The smallest absolute Gasteiger partial charge is 0.261 e. The molecular formula is C19H20Br2N2O6S. The van der Waals surface area contributed by atoms with Crippen molar-refractivity contribution < 1.29 is 28.3 Å². The van der Waals surface area contributed by atoms with Gasteiger partial charge in [-0.2, -0.15) is 4.31 Å². The molecule has 1 saturated heterocycles. The van der Waals surface area contributed by atoms with Gasteiger partial charge in [0.05, 0.1) is 11.0 Å².